The quantitative estimate of drug-likeness (QED) is 0.693. The molecule has 0 bridgehead atoms. The number of hydrogen-bond donors (Lipinski definition) is 1. The third kappa shape index (κ3) is 1.96. The summed E-state index contributed by atoms with van der Waals surface area (Å²) < 4.78 is 10.8. The molecule has 13 heavy (non-hydrogen) atoms. The zero-order chi connectivity index (χ0) is 9.10. The molecule has 70 valence electrons. The summed E-state index contributed by atoms with van der Waals surface area (Å²) >= 11 is 0. The molecule has 1 aromatic rings. The van der Waals surface area contributed by atoms with E-state index in [2.05, 4.69) is 4.98 Å². The Morgan fingerprint density at radius 1 is 1.38 bits per heavy atom. The van der Waals surface area contributed by atoms with E-state index in [0.29, 0.717) is 25.6 Å². The summed E-state index contributed by atoms with van der Waals surface area (Å²) in [6.07, 6.45) is 1.75. The number of ether oxygens (including phenoxy) is 2. The van der Waals surface area contributed by atoms with Gasteiger partial charge in [-0.25, -0.2) is 4.98 Å². The largest absolute Gasteiger partial charge is 0.384 e. The number of hydrogen-bond acceptors (Lipinski definition) is 4. The van der Waals surface area contributed by atoms with Crippen LogP contribution in [0.5, 0.6) is 0 Å². The van der Waals surface area contributed by atoms with Crippen LogP contribution in [0.25, 0.3) is 0 Å². The first-order valence-corrected chi connectivity index (χ1v) is 4.27. The Hall–Kier alpha value is -1.13. The second-order valence-electron chi connectivity index (χ2n) is 2.95. The van der Waals surface area contributed by atoms with E-state index < -0.39 is 0 Å². The number of aromatic nitrogens is 1. The first-order chi connectivity index (χ1) is 6.36. The highest BCUT2D eigenvalue weighted by molar-refractivity contribution is 5.30. The van der Waals surface area contributed by atoms with Crippen LogP contribution in [0.2, 0.25) is 0 Å². The number of pyridine rings is 1. The lowest BCUT2D eigenvalue weighted by molar-refractivity contribution is -0.0902. The van der Waals surface area contributed by atoms with Gasteiger partial charge in [-0.1, -0.05) is 6.07 Å². The van der Waals surface area contributed by atoms with Gasteiger partial charge in [-0.15, -0.1) is 0 Å². The minimum atomic E-state index is 0.0156. The molecule has 2 rings (SSSR count). The fraction of sp³-hybridized carbons (Fsp3) is 0.444. The molecule has 2 N–H and O–H groups in total. The predicted octanol–water partition coefficient (Wildman–Crippen LogP) is 0.752. The van der Waals surface area contributed by atoms with E-state index in [1.165, 1.54) is 0 Å². The van der Waals surface area contributed by atoms with Crippen LogP contribution in [0.4, 0.5) is 5.82 Å². The number of nitrogen functional groups attached to an aromatic ring is 1. The van der Waals surface area contributed by atoms with E-state index in [0.717, 1.165) is 5.56 Å². The molecule has 1 saturated heterocycles. The molecule has 4 nitrogen and oxygen atoms in total. The molecule has 1 unspecified atom stereocenters. The van der Waals surface area contributed by atoms with Gasteiger partial charge in [-0.2, -0.15) is 0 Å². The summed E-state index contributed by atoms with van der Waals surface area (Å²) in [6, 6.07) is 3.69. The summed E-state index contributed by atoms with van der Waals surface area (Å²) in [4.78, 5) is 4.00. The molecule has 1 aliphatic rings. The summed E-state index contributed by atoms with van der Waals surface area (Å²) in [5.41, 5.74) is 6.50. The highest BCUT2D eigenvalue weighted by Gasteiger charge is 2.16. The van der Waals surface area contributed by atoms with Crippen LogP contribution in [0.1, 0.15) is 11.7 Å². The number of nitrogens with two attached hydrogens (primary N) is 1. The Morgan fingerprint density at radius 3 is 2.92 bits per heavy atom. The molecule has 0 aromatic carbocycles. The monoisotopic (exact) mass is 180 g/mol. The Balaban J connectivity index is 2.10. The van der Waals surface area contributed by atoms with Crippen molar-refractivity contribution in [3.8, 4) is 0 Å². The van der Waals surface area contributed by atoms with Crippen molar-refractivity contribution in [1.29, 1.82) is 0 Å². The molecule has 1 aliphatic heterocycles. The van der Waals surface area contributed by atoms with Crippen LogP contribution in [0, 0.1) is 0 Å². The van der Waals surface area contributed by atoms with Crippen LogP contribution in [-0.2, 0) is 9.47 Å². The van der Waals surface area contributed by atoms with Gasteiger partial charge >= 0.3 is 0 Å². The van der Waals surface area contributed by atoms with Gasteiger partial charge in [0.15, 0.2) is 0 Å². The van der Waals surface area contributed by atoms with Crippen LogP contribution in [-0.4, -0.2) is 24.8 Å². The highest BCUT2D eigenvalue weighted by Crippen LogP contribution is 2.19. The van der Waals surface area contributed by atoms with Gasteiger partial charge in [-0.3, -0.25) is 0 Å². The maximum Gasteiger partial charge on any atom is 0.123 e. The van der Waals surface area contributed by atoms with Crippen molar-refractivity contribution in [3.05, 3.63) is 23.9 Å². The first-order valence-electron chi connectivity index (χ1n) is 4.27. The zero-order valence-corrected chi connectivity index (χ0v) is 7.27. The van der Waals surface area contributed by atoms with E-state index in [4.69, 9.17) is 15.2 Å². The number of nitrogens with zero attached hydrogens (tertiary/aromatic N) is 1. The van der Waals surface area contributed by atoms with Gasteiger partial charge in [0.25, 0.3) is 0 Å². The smallest absolute Gasteiger partial charge is 0.123 e. The Morgan fingerprint density at radius 2 is 2.31 bits per heavy atom. The van der Waals surface area contributed by atoms with Crippen LogP contribution in [0.3, 0.4) is 0 Å². The normalized spacial score (nSPS) is 22.9. The van der Waals surface area contributed by atoms with Crippen molar-refractivity contribution in [3.63, 3.8) is 0 Å². The molecular weight excluding hydrogens is 168 g/mol. The number of anilines is 1. The Labute approximate surface area is 76.7 Å². The van der Waals surface area contributed by atoms with Crippen molar-refractivity contribution in [2.75, 3.05) is 25.6 Å². The molecule has 0 radical (unpaired) electrons. The van der Waals surface area contributed by atoms with E-state index in [1.54, 1.807) is 12.3 Å². The van der Waals surface area contributed by atoms with Gasteiger partial charge in [0.1, 0.15) is 11.9 Å². The fourth-order valence-corrected chi connectivity index (χ4v) is 1.29. The lowest BCUT2D eigenvalue weighted by atomic mass is 10.1. The van der Waals surface area contributed by atoms with Crippen LogP contribution in [0.15, 0.2) is 18.3 Å². The van der Waals surface area contributed by atoms with Gasteiger partial charge < -0.3 is 15.2 Å². The van der Waals surface area contributed by atoms with Crippen LogP contribution < -0.4 is 5.73 Å². The van der Waals surface area contributed by atoms with Gasteiger partial charge in [-0.05, 0) is 6.07 Å². The fourth-order valence-electron chi connectivity index (χ4n) is 1.29. The average Bonchev–Trinajstić information content (AvgIpc) is 2.20. The number of rotatable bonds is 1. The third-order valence-corrected chi connectivity index (χ3v) is 2.00. The summed E-state index contributed by atoms with van der Waals surface area (Å²) in [5.74, 6) is 0.528. The molecule has 0 amide bonds. The molecule has 0 spiro atoms. The summed E-state index contributed by atoms with van der Waals surface area (Å²) in [7, 11) is 0. The first kappa shape index (κ1) is 8.47. The topological polar surface area (TPSA) is 57.4 Å². The minimum Gasteiger partial charge on any atom is -0.384 e. The highest BCUT2D eigenvalue weighted by atomic mass is 16.6. The van der Waals surface area contributed by atoms with E-state index in [9.17, 15) is 0 Å². The molecule has 1 aromatic heterocycles. The second kappa shape index (κ2) is 3.72. The van der Waals surface area contributed by atoms with Crippen molar-refractivity contribution < 1.29 is 9.47 Å². The lowest BCUT2D eigenvalue weighted by Crippen LogP contribution is -2.22. The molecule has 1 fully saturated rings. The molecular formula is C9H12N2O2. The van der Waals surface area contributed by atoms with Crippen LogP contribution >= 0.6 is 0 Å². The standard InChI is InChI=1S/C9H12N2O2/c10-9-2-1-7(5-11-9)8-6-12-3-4-13-8/h1-2,5,8H,3-4,6H2,(H2,10,11). The maximum atomic E-state index is 5.50. The summed E-state index contributed by atoms with van der Waals surface area (Å²) in [6.45, 7) is 1.93. The van der Waals surface area contributed by atoms with E-state index in [1.807, 2.05) is 6.07 Å². The molecule has 2 heterocycles. The van der Waals surface area contributed by atoms with Crippen molar-refractivity contribution in [1.82, 2.24) is 4.98 Å². The molecule has 1 atom stereocenters. The van der Waals surface area contributed by atoms with Gasteiger partial charge in [0, 0.05) is 11.8 Å². The van der Waals surface area contributed by atoms with Gasteiger partial charge in [0.2, 0.25) is 0 Å². The Bertz CT molecular complexity index is 267. The van der Waals surface area contributed by atoms with Crippen molar-refractivity contribution in [2.45, 2.75) is 6.10 Å². The van der Waals surface area contributed by atoms with Crippen molar-refractivity contribution in [2.24, 2.45) is 0 Å². The molecule has 0 saturated carbocycles. The Kier molecular flexibility index (Phi) is 2.42. The molecule has 4 heteroatoms. The average molecular weight is 180 g/mol. The van der Waals surface area contributed by atoms with E-state index >= 15 is 0 Å². The minimum absolute atomic E-state index is 0.0156. The SMILES string of the molecule is Nc1ccc(C2COCCO2)cn1. The predicted molar refractivity (Wildman–Crippen MR) is 48.2 cm³/mol. The summed E-state index contributed by atoms with van der Waals surface area (Å²) in [5, 5.41) is 0. The lowest BCUT2D eigenvalue weighted by Gasteiger charge is -2.22. The van der Waals surface area contributed by atoms with E-state index in [-0.39, 0.29) is 6.10 Å². The zero-order valence-electron chi connectivity index (χ0n) is 7.27. The van der Waals surface area contributed by atoms with Gasteiger partial charge in [0.05, 0.1) is 19.8 Å². The van der Waals surface area contributed by atoms with Crippen molar-refractivity contribution >= 4 is 5.82 Å². The molecule has 0 aliphatic carbocycles. The maximum absolute atomic E-state index is 5.50. The third-order valence-electron chi connectivity index (χ3n) is 2.00. The second-order valence-corrected chi connectivity index (χ2v) is 2.95.